The molecule has 33 heavy (non-hydrogen) atoms. The molecule has 7 heteroatoms. The van der Waals surface area contributed by atoms with Crippen LogP contribution in [0.5, 0.6) is 5.75 Å². The summed E-state index contributed by atoms with van der Waals surface area (Å²) in [5, 5.41) is 3.01. The van der Waals surface area contributed by atoms with Crippen molar-refractivity contribution < 1.29 is 9.53 Å². The minimum absolute atomic E-state index is 0.0315. The van der Waals surface area contributed by atoms with E-state index in [1.807, 2.05) is 19.2 Å². The molecule has 0 fully saturated rings. The SMILES string of the molecule is CC(C)Oc1ccc(C(=O)CSc2nc3scc(-c4ccc(C(C)C)cc4)c3c(=O)[nH]2)cc1. The summed E-state index contributed by atoms with van der Waals surface area (Å²) >= 11 is 2.68. The average molecular weight is 479 g/mol. The van der Waals surface area contributed by atoms with Gasteiger partial charge in [0.25, 0.3) is 5.56 Å². The third kappa shape index (κ3) is 5.37. The standard InChI is InChI=1S/C26H26N2O3S2/c1-15(2)17-5-7-18(8-6-17)21-13-32-25-23(21)24(30)27-26(28-25)33-14-22(29)19-9-11-20(12-10-19)31-16(3)4/h5-13,15-16H,14H2,1-4H3,(H,27,28,30). The van der Waals surface area contributed by atoms with Gasteiger partial charge in [-0.3, -0.25) is 9.59 Å². The number of aromatic nitrogens is 2. The van der Waals surface area contributed by atoms with Crippen LogP contribution in [0.15, 0.2) is 63.9 Å². The summed E-state index contributed by atoms with van der Waals surface area (Å²) in [6, 6.07) is 15.4. The predicted octanol–water partition coefficient (Wildman–Crippen LogP) is 6.54. The fraction of sp³-hybridized carbons (Fsp3) is 0.269. The van der Waals surface area contributed by atoms with Crippen molar-refractivity contribution in [2.75, 3.05) is 5.75 Å². The Balaban J connectivity index is 1.49. The normalized spacial score (nSPS) is 11.5. The van der Waals surface area contributed by atoms with Crippen molar-refractivity contribution in [3.05, 3.63) is 75.4 Å². The van der Waals surface area contributed by atoms with Crippen molar-refractivity contribution in [2.45, 2.75) is 44.9 Å². The third-order valence-electron chi connectivity index (χ3n) is 5.20. The van der Waals surface area contributed by atoms with Crippen LogP contribution >= 0.6 is 23.1 Å². The Hall–Kier alpha value is -2.90. The number of benzene rings is 2. The van der Waals surface area contributed by atoms with Crippen LogP contribution in [0.4, 0.5) is 0 Å². The summed E-state index contributed by atoms with van der Waals surface area (Å²) in [6.07, 6.45) is 0.0806. The number of carbonyl (C=O) groups excluding carboxylic acids is 1. The number of nitrogens with one attached hydrogen (secondary N) is 1. The van der Waals surface area contributed by atoms with Gasteiger partial charge >= 0.3 is 0 Å². The molecule has 2 heterocycles. The number of hydrogen-bond acceptors (Lipinski definition) is 6. The summed E-state index contributed by atoms with van der Waals surface area (Å²) in [7, 11) is 0. The number of rotatable bonds is 8. The lowest BCUT2D eigenvalue weighted by molar-refractivity contribution is 0.102. The Labute approximate surface area is 201 Å². The van der Waals surface area contributed by atoms with E-state index in [9.17, 15) is 9.59 Å². The van der Waals surface area contributed by atoms with E-state index in [0.717, 1.165) is 16.9 Å². The van der Waals surface area contributed by atoms with Gasteiger partial charge in [0.2, 0.25) is 0 Å². The van der Waals surface area contributed by atoms with Gasteiger partial charge < -0.3 is 9.72 Å². The summed E-state index contributed by atoms with van der Waals surface area (Å²) in [5.74, 6) is 1.35. The predicted molar refractivity (Wildman–Crippen MR) is 137 cm³/mol. The molecule has 0 saturated carbocycles. The number of ether oxygens (including phenoxy) is 1. The molecule has 2 aromatic heterocycles. The minimum Gasteiger partial charge on any atom is -0.491 e. The van der Waals surface area contributed by atoms with Crippen molar-refractivity contribution in [1.29, 1.82) is 0 Å². The zero-order valence-electron chi connectivity index (χ0n) is 19.0. The number of thiophene rings is 1. The van der Waals surface area contributed by atoms with Gasteiger partial charge in [0.1, 0.15) is 10.6 Å². The van der Waals surface area contributed by atoms with E-state index in [-0.39, 0.29) is 23.2 Å². The molecule has 4 aromatic rings. The van der Waals surface area contributed by atoms with E-state index in [1.54, 1.807) is 24.3 Å². The van der Waals surface area contributed by atoms with E-state index in [1.165, 1.54) is 28.7 Å². The molecule has 5 nitrogen and oxygen atoms in total. The number of H-pyrrole nitrogens is 1. The van der Waals surface area contributed by atoms with Crippen LogP contribution < -0.4 is 10.3 Å². The van der Waals surface area contributed by atoms with Crippen molar-refractivity contribution >= 4 is 39.1 Å². The van der Waals surface area contributed by atoms with Crippen LogP contribution in [0.2, 0.25) is 0 Å². The fourth-order valence-corrected chi connectivity index (χ4v) is 5.23. The molecule has 0 aliphatic rings. The molecule has 0 unspecified atom stereocenters. The summed E-state index contributed by atoms with van der Waals surface area (Å²) in [6.45, 7) is 8.23. The van der Waals surface area contributed by atoms with Gasteiger partial charge in [-0.1, -0.05) is 49.9 Å². The van der Waals surface area contributed by atoms with Gasteiger partial charge in [0.05, 0.1) is 17.2 Å². The molecule has 0 saturated heterocycles. The maximum atomic E-state index is 12.9. The summed E-state index contributed by atoms with van der Waals surface area (Å²) in [5.41, 5.74) is 3.56. The number of Topliss-reactive ketones (excluding diaryl/α,β-unsaturated/α-hetero) is 1. The highest BCUT2D eigenvalue weighted by Crippen LogP contribution is 2.32. The first-order valence-corrected chi connectivity index (χ1v) is 12.7. The van der Waals surface area contributed by atoms with Gasteiger partial charge in [-0.05, 0) is 55.2 Å². The van der Waals surface area contributed by atoms with Gasteiger partial charge in [0.15, 0.2) is 10.9 Å². The number of ketones is 1. The summed E-state index contributed by atoms with van der Waals surface area (Å²) in [4.78, 5) is 33.6. The van der Waals surface area contributed by atoms with Crippen molar-refractivity contribution in [3.8, 4) is 16.9 Å². The lowest BCUT2D eigenvalue weighted by Crippen LogP contribution is -2.10. The molecule has 0 radical (unpaired) electrons. The number of nitrogens with zero attached hydrogens (tertiary/aromatic N) is 1. The van der Waals surface area contributed by atoms with E-state index >= 15 is 0 Å². The lowest BCUT2D eigenvalue weighted by Gasteiger charge is -2.09. The largest absolute Gasteiger partial charge is 0.491 e. The first-order chi connectivity index (χ1) is 15.8. The number of hydrogen-bond donors (Lipinski definition) is 1. The molecular weight excluding hydrogens is 452 g/mol. The maximum Gasteiger partial charge on any atom is 0.260 e. The van der Waals surface area contributed by atoms with Gasteiger partial charge in [-0.15, -0.1) is 11.3 Å². The molecular formula is C26H26N2O3S2. The van der Waals surface area contributed by atoms with Gasteiger partial charge in [-0.2, -0.15) is 0 Å². The smallest absolute Gasteiger partial charge is 0.260 e. The van der Waals surface area contributed by atoms with Crippen molar-refractivity contribution in [1.82, 2.24) is 9.97 Å². The quantitative estimate of drug-likeness (QED) is 0.177. The van der Waals surface area contributed by atoms with Crippen molar-refractivity contribution in [3.63, 3.8) is 0 Å². The maximum absolute atomic E-state index is 12.9. The van der Waals surface area contributed by atoms with Gasteiger partial charge in [-0.25, -0.2) is 4.98 Å². The van der Waals surface area contributed by atoms with Crippen LogP contribution in [-0.4, -0.2) is 27.6 Å². The van der Waals surface area contributed by atoms with Crippen LogP contribution in [0.3, 0.4) is 0 Å². The molecule has 0 atom stereocenters. The second-order valence-electron chi connectivity index (χ2n) is 8.38. The van der Waals surface area contributed by atoms with E-state index in [4.69, 9.17) is 4.74 Å². The Morgan fingerprint density at radius 3 is 2.39 bits per heavy atom. The molecule has 0 bridgehead atoms. The first-order valence-electron chi connectivity index (χ1n) is 10.9. The molecule has 0 amide bonds. The highest BCUT2D eigenvalue weighted by atomic mass is 32.2. The highest BCUT2D eigenvalue weighted by Gasteiger charge is 2.15. The molecule has 4 rings (SSSR count). The average Bonchev–Trinajstić information content (AvgIpc) is 3.22. The number of carbonyl (C=O) groups is 1. The summed E-state index contributed by atoms with van der Waals surface area (Å²) < 4.78 is 5.62. The van der Waals surface area contributed by atoms with E-state index in [2.05, 4.69) is 48.1 Å². The molecule has 170 valence electrons. The topological polar surface area (TPSA) is 72.0 Å². The van der Waals surface area contributed by atoms with Crippen LogP contribution in [0, 0.1) is 0 Å². The highest BCUT2D eigenvalue weighted by molar-refractivity contribution is 7.99. The molecule has 1 N–H and O–H groups in total. The number of aromatic amines is 1. The molecule has 0 spiro atoms. The second kappa shape index (κ2) is 9.93. The Kier molecular flexibility index (Phi) is 7.00. The van der Waals surface area contributed by atoms with E-state index < -0.39 is 0 Å². The Morgan fingerprint density at radius 2 is 1.76 bits per heavy atom. The zero-order valence-corrected chi connectivity index (χ0v) is 20.7. The monoisotopic (exact) mass is 478 g/mol. The third-order valence-corrected chi connectivity index (χ3v) is 6.94. The molecule has 0 aliphatic heterocycles. The van der Waals surface area contributed by atoms with Crippen LogP contribution in [-0.2, 0) is 0 Å². The molecule has 2 aromatic carbocycles. The fourth-order valence-electron chi connectivity index (χ4n) is 3.47. The second-order valence-corrected chi connectivity index (χ2v) is 10.2. The van der Waals surface area contributed by atoms with E-state index in [0.29, 0.717) is 26.9 Å². The Morgan fingerprint density at radius 1 is 1.06 bits per heavy atom. The Bertz CT molecular complexity index is 1320. The number of fused-ring (bicyclic) bond motifs is 1. The van der Waals surface area contributed by atoms with Crippen LogP contribution in [0.25, 0.3) is 21.3 Å². The molecule has 0 aliphatic carbocycles. The van der Waals surface area contributed by atoms with Crippen LogP contribution in [0.1, 0.15) is 49.5 Å². The number of thioether (sulfide) groups is 1. The van der Waals surface area contributed by atoms with Gasteiger partial charge in [0, 0.05) is 16.5 Å². The van der Waals surface area contributed by atoms with Crippen molar-refractivity contribution in [2.24, 2.45) is 0 Å². The minimum atomic E-state index is -0.186. The zero-order chi connectivity index (χ0) is 23.5. The first kappa shape index (κ1) is 23.3. The lowest BCUT2D eigenvalue weighted by atomic mass is 9.99.